The van der Waals surface area contributed by atoms with Crippen LogP contribution in [0.25, 0.3) is 5.57 Å². The van der Waals surface area contributed by atoms with Crippen LogP contribution >= 0.6 is 0 Å². The highest BCUT2D eigenvalue weighted by molar-refractivity contribution is 5.81. The molecule has 0 unspecified atom stereocenters. The molecule has 0 radical (unpaired) electrons. The maximum absolute atomic E-state index is 4.69. The van der Waals surface area contributed by atoms with E-state index in [0.29, 0.717) is 0 Å². The molecule has 2 aromatic rings. The minimum Gasteiger partial charge on any atom is -0.354 e. The summed E-state index contributed by atoms with van der Waals surface area (Å²) < 4.78 is 0. The van der Waals surface area contributed by atoms with Gasteiger partial charge >= 0.3 is 0 Å². The summed E-state index contributed by atoms with van der Waals surface area (Å²) in [5.41, 5.74) is 3.92. The average Bonchev–Trinajstić information content (AvgIpc) is 2.81. The van der Waals surface area contributed by atoms with E-state index in [1.807, 2.05) is 13.2 Å². The number of guanidine groups is 1. The van der Waals surface area contributed by atoms with E-state index in [9.17, 15) is 0 Å². The van der Waals surface area contributed by atoms with Crippen molar-refractivity contribution in [1.82, 2.24) is 20.1 Å². The second-order valence-corrected chi connectivity index (χ2v) is 8.01. The van der Waals surface area contributed by atoms with E-state index < -0.39 is 0 Å². The van der Waals surface area contributed by atoms with Crippen LogP contribution in [0, 0.1) is 0 Å². The molecule has 158 valence electrons. The van der Waals surface area contributed by atoms with Gasteiger partial charge in [-0.3, -0.25) is 4.99 Å². The molecule has 1 saturated heterocycles. The fraction of sp³-hybridized carbons (Fsp3) is 0.417. The van der Waals surface area contributed by atoms with Gasteiger partial charge in [-0.25, -0.2) is 4.98 Å². The lowest BCUT2D eigenvalue weighted by molar-refractivity contribution is 0.312. The average molecular weight is 405 g/mol. The number of aliphatic imine (C=N–C) groups is 1. The molecule has 0 atom stereocenters. The van der Waals surface area contributed by atoms with Gasteiger partial charge in [0, 0.05) is 59.1 Å². The summed E-state index contributed by atoms with van der Waals surface area (Å²) in [4.78, 5) is 16.2. The van der Waals surface area contributed by atoms with Crippen molar-refractivity contribution in [2.45, 2.75) is 13.0 Å². The molecule has 0 saturated carbocycles. The van der Waals surface area contributed by atoms with Gasteiger partial charge in [-0.15, -0.1) is 0 Å². The van der Waals surface area contributed by atoms with Gasteiger partial charge in [0.2, 0.25) is 0 Å². The largest absolute Gasteiger partial charge is 0.354 e. The number of nitrogens with one attached hydrogen (secondary N) is 1. The fourth-order valence-electron chi connectivity index (χ4n) is 4.03. The van der Waals surface area contributed by atoms with Crippen LogP contribution in [0.1, 0.15) is 17.5 Å². The molecule has 0 amide bonds. The van der Waals surface area contributed by atoms with E-state index in [4.69, 9.17) is 4.98 Å². The van der Waals surface area contributed by atoms with E-state index >= 15 is 0 Å². The highest BCUT2D eigenvalue weighted by Gasteiger charge is 2.17. The predicted octanol–water partition coefficient (Wildman–Crippen LogP) is 2.70. The third-order valence-corrected chi connectivity index (χ3v) is 5.95. The summed E-state index contributed by atoms with van der Waals surface area (Å²) in [5.74, 6) is 2.02. The normalized spacial score (nSPS) is 18.3. The quantitative estimate of drug-likeness (QED) is 0.627. The minimum atomic E-state index is 0.731. The Balaban J connectivity index is 1.30. The molecule has 4 rings (SSSR count). The number of benzene rings is 1. The van der Waals surface area contributed by atoms with Gasteiger partial charge in [-0.1, -0.05) is 42.5 Å². The van der Waals surface area contributed by atoms with E-state index in [-0.39, 0.29) is 0 Å². The second-order valence-electron chi connectivity index (χ2n) is 8.01. The molecular formula is C24H32N6. The molecule has 2 aliphatic rings. The third kappa shape index (κ3) is 5.00. The van der Waals surface area contributed by atoms with Gasteiger partial charge in [0.05, 0.1) is 0 Å². The molecule has 1 fully saturated rings. The number of piperazine rings is 1. The Labute approximate surface area is 179 Å². The van der Waals surface area contributed by atoms with Gasteiger partial charge < -0.3 is 20.0 Å². The van der Waals surface area contributed by atoms with Gasteiger partial charge in [-0.05, 0) is 36.2 Å². The maximum atomic E-state index is 4.69. The Morgan fingerprint density at radius 2 is 1.83 bits per heavy atom. The zero-order chi connectivity index (χ0) is 20.8. The van der Waals surface area contributed by atoms with Crippen molar-refractivity contribution >= 4 is 17.4 Å². The number of anilines is 1. The molecule has 0 bridgehead atoms. The van der Waals surface area contributed by atoms with Crippen molar-refractivity contribution in [3.05, 3.63) is 65.9 Å². The van der Waals surface area contributed by atoms with Crippen molar-refractivity contribution in [2.75, 3.05) is 58.3 Å². The number of nitrogens with zero attached hydrogens (tertiary/aromatic N) is 5. The monoisotopic (exact) mass is 404 g/mol. The van der Waals surface area contributed by atoms with E-state index in [1.165, 1.54) is 16.7 Å². The first kappa shape index (κ1) is 20.4. The van der Waals surface area contributed by atoms with Crippen molar-refractivity contribution < 1.29 is 0 Å². The first-order chi connectivity index (χ1) is 14.7. The van der Waals surface area contributed by atoms with Crippen LogP contribution in [0.4, 0.5) is 5.82 Å². The van der Waals surface area contributed by atoms with Crippen molar-refractivity contribution in [1.29, 1.82) is 0 Å². The Bertz CT molecular complexity index is 866. The summed E-state index contributed by atoms with van der Waals surface area (Å²) in [6, 6.07) is 15.0. The van der Waals surface area contributed by atoms with Crippen LogP contribution in [-0.4, -0.2) is 74.1 Å². The summed E-state index contributed by atoms with van der Waals surface area (Å²) in [6.07, 6.45) is 5.33. The molecule has 0 spiro atoms. The van der Waals surface area contributed by atoms with Crippen LogP contribution in [0.3, 0.4) is 0 Å². The highest BCUT2D eigenvalue weighted by Crippen LogP contribution is 2.22. The minimum absolute atomic E-state index is 0.731. The summed E-state index contributed by atoms with van der Waals surface area (Å²) in [6.45, 7) is 6.86. The van der Waals surface area contributed by atoms with E-state index in [2.05, 4.69) is 80.6 Å². The molecule has 6 nitrogen and oxygen atoms in total. The van der Waals surface area contributed by atoms with Gasteiger partial charge in [0.25, 0.3) is 0 Å². The number of hydrogen-bond donors (Lipinski definition) is 1. The maximum Gasteiger partial charge on any atom is 0.194 e. The van der Waals surface area contributed by atoms with E-state index in [0.717, 1.165) is 64.0 Å². The molecule has 30 heavy (non-hydrogen) atoms. The molecule has 6 heteroatoms. The Hall–Kier alpha value is -2.86. The SMILES string of the molecule is CN=C(NCc1ccc(N2CCN(C)CC2)nc1)N1CC=C(c2ccccc2)CC1. The first-order valence-corrected chi connectivity index (χ1v) is 10.8. The van der Waals surface area contributed by atoms with E-state index in [1.54, 1.807) is 0 Å². The van der Waals surface area contributed by atoms with Crippen LogP contribution in [0.2, 0.25) is 0 Å². The smallest absolute Gasteiger partial charge is 0.194 e. The molecular weight excluding hydrogens is 372 g/mol. The van der Waals surface area contributed by atoms with Crippen LogP contribution in [0.5, 0.6) is 0 Å². The Morgan fingerprint density at radius 3 is 2.47 bits per heavy atom. The molecule has 2 aliphatic heterocycles. The van der Waals surface area contributed by atoms with Crippen molar-refractivity contribution in [2.24, 2.45) is 4.99 Å². The van der Waals surface area contributed by atoms with Crippen LogP contribution in [-0.2, 0) is 6.54 Å². The highest BCUT2D eigenvalue weighted by atomic mass is 15.3. The number of likely N-dealkylation sites (N-methyl/N-ethyl adjacent to an activating group) is 1. The van der Waals surface area contributed by atoms with Crippen LogP contribution in [0.15, 0.2) is 59.7 Å². The number of aromatic nitrogens is 1. The van der Waals surface area contributed by atoms with Crippen LogP contribution < -0.4 is 10.2 Å². The molecule has 0 aliphatic carbocycles. The second kappa shape index (κ2) is 9.76. The van der Waals surface area contributed by atoms with Gasteiger partial charge in [0.1, 0.15) is 5.82 Å². The number of pyridine rings is 1. The van der Waals surface area contributed by atoms with Crippen molar-refractivity contribution in [3.63, 3.8) is 0 Å². The molecule has 1 aromatic heterocycles. The number of hydrogen-bond acceptors (Lipinski definition) is 4. The Kier molecular flexibility index (Phi) is 6.64. The topological polar surface area (TPSA) is 47.0 Å². The molecule has 3 heterocycles. The summed E-state index contributed by atoms with van der Waals surface area (Å²) in [7, 11) is 4.03. The van der Waals surface area contributed by atoms with Gasteiger partial charge in [-0.2, -0.15) is 0 Å². The number of rotatable bonds is 4. The standard InChI is InChI=1S/C24H32N6/c1-25-24(30-12-10-22(11-13-30)21-6-4-3-5-7-21)27-19-20-8-9-23(26-18-20)29-16-14-28(2)15-17-29/h3-10,18H,11-17,19H2,1-2H3,(H,25,27). The lowest BCUT2D eigenvalue weighted by Crippen LogP contribution is -2.44. The lowest BCUT2D eigenvalue weighted by Gasteiger charge is -2.33. The predicted molar refractivity (Wildman–Crippen MR) is 125 cm³/mol. The van der Waals surface area contributed by atoms with Gasteiger partial charge in [0.15, 0.2) is 5.96 Å². The fourth-order valence-corrected chi connectivity index (χ4v) is 4.03. The zero-order valence-corrected chi connectivity index (χ0v) is 18.1. The zero-order valence-electron chi connectivity index (χ0n) is 18.1. The third-order valence-electron chi connectivity index (χ3n) is 5.95. The molecule has 1 aromatic carbocycles. The molecule has 1 N–H and O–H groups in total. The summed E-state index contributed by atoms with van der Waals surface area (Å²) >= 11 is 0. The Morgan fingerprint density at radius 1 is 1.03 bits per heavy atom. The first-order valence-electron chi connectivity index (χ1n) is 10.8. The van der Waals surface area contributed by atoms with Crippen molar-refractivity contribution in [3.8, 4) is 0 Å². The summed E-state index contributed by atoms with van der Waals surface area (Å²) in [5, 5.41) is 3.50. The lowest BCUT2D eigenvalue weighted by atomic mass is 10.00.